The Bertz CT molecular complexity index is 964. The summed E-state index contributed by atoms with van der Waals surface area (Å²) >= 11 is 7.58. The quantitative estimate of drug-likeness (QED) is 0.713. The highest BCUT2D eigenvalue weighted by Gasteiger charge is 2.27. The normalized spacial score (nSPS) is 16.8. The smallest absolute Gasteiger partial charge is 0.251 e. The first-order valence-corrected chi connectivity index (χ1v) is 11.5. The van der Waals surface area contributed by atoms with Crippen LogP contribution in [0.4, 0.5) is 10.1 Å². The van der Waals surface area contributed by atoms with E-state index in [1.807, 2.05) is 6.07 Å². The molecule has 31 heavy (non-hydrogen) atoms. The maximum atomic E-state index is 14.3. The Morgan fingerprint density at radius 1 is 1.23 bits per heavy atom. The number of carbonyl (C=O) groups excluding carboxylic acids is 2. The monoisotopic (exact) mass is 463 g/mol. The molecule has 0 aliphatic carbocycles. The minimum atomic E-state index is -0.461. The average Bonchev–Trinajstić information content (AvgIpc) is 2.78. The molecule has 2 aromatic carbocycles. The first kappa shape index (κ1) is 22.1. The predicted octanol–water partition coefficient (Wildman–Crippen LogP) is 3.18. The largest absolute Gasteiger partial charge is 0.379 e. The van der Waals surface area contributed by atoms with E-state index < -0.39 is 5.82 Å². The van der Waals surface area contributed by atoms with Crippen molar-refractivity contribution in [2.45, 2.75) is 11.4 Å². The molecule has 6 nitrogen and oxygen atoms in total. The molecule has 1 N–H and O–H groups in total. The maximum Gasteiger partial charge on any atom is 0.251 e. The van der Waals surface area contributed by atoms with Crippen molar-refractivity contribution in [2.24, 2.45) is 0 Å². The van der Waals surface area contributed by atoms with Gasteiger partial charge >= 0.3 is 0 Å². The fourth-order valence-corrected chi connectivity index (χ4v) is 4.75. The van der Waals surface area contributed by atoms with Crippen LogP contribution in [-0.2, 0) is 16.1 Å². The highest BCUT2D eigenvalue weighted by atomic mass is 35.5. The molecule has 2 aliphatic rings. The van der Waals surface area contributed by atoms with Gasteiger partial charge in [-0.15, -0.1) is 11.8 Å². The number of fused-ring (bicyclic) bond motifs is 1. The highest BCUT2D eigenvalue weighted by Crippen LogP contribution is 2.37. The third-order valence-corrected chi connectivity index (χ3v) is 6.76. The number of ether oxygens (including phenoxy) is 1. The van der Waals surface area contributed by atoms with Crippen LogP contribution in [0.1, 0.15) is 15.9 Å². The van der Waals surface area contributed by atoms with Gasteiger partial charge in [-0.2, -0.15) is 0 Å². The number of benzene rings is 2. The number of hydrogen-bond acceptors (Lipinski definition) is 5. The summed E-state index contributed by atoms with van der Waals surface area (Å²) < 4.78 is 19.6. The number of nitrogens with zero attached hydrogens (tertiary/aromatic N) is 2. The Hall–Kier alpha value is -2.13. The predicted molar refractivity (Wildman–Crippen MR) is 119 cm³/mol. The zero-order valence-electron chi connectivity index (χ0n) is 16.9. The van der Waals surface area contributed by atoms with E-state index in [1.165, 1.54) is 28.8 Å². The van der Waals surface area contributed by atoms with Crippen molar-refractivity contribution in [1.82, 2.24) is 10.2 Å². The van der Waals surface area contributed by atoms with Crippen molar-refractivity contribution >= 4 is 40.9 Å². The number of rotatable bonds is 6. The zero-order valence-corrected chi connectivity index (χ0v) is 18.5. The number of carbonyl (C=O) groups is 2. The fourth-order valence-electron chi connectivity index (χ4n) is 3.61. The van der Waals surface area contributed by atoms with Gasteiger partial charge in [-0.25, -0.2) is 4.39 Å². The molecule has 164 valence electrons. The molecule has 0 atom stereocenters. The Kier molecular flexibility index (Phi) is 7.12. The molecule has 2 heterocycles. The third-order valence-electron chi connectivity index (χ3n) is 5.36. The zero-order chi connectivity index (χ0) is 21.8. The van der Waals surface area contributed by atoms with Crippen molar-refractivity contribution in [1.29, 1.82) is 0 Å². The summed E-state index contributed by atoms with van der Waals surface area (Å²) in [5.74, 6) is -0.564. The van der Waals surface area contributed by atoms with Crippen molar-refractivity contribution in [3.63, 3.8) is 0 Å². The van der Waals surface area contributed by atoms with E-state index in [2.05, 4.69) is 10.2 Å². The fraction of sp³-hybridized carbons (Fsp3) is 0.364. The first-order chi connectivity index (χ1) is 15.0. The lowest BCUT2D eigenvalue weighted by Gasteiger charge is -2.30. The van der Waals surface area contributed by atoms with Crippen LogP contribution in [0.3, 0.4) is 0 Å². The number of morpholine rings is 1. The van der Waals surface area contributed by atoms with E-state index in [4.69, 9.17) is 16.3 Å². The molecule has 2 amide bonds. The lowest BCUT2D eigenvalue weighted by atomic mass is 10.1. The molecule has 0 bridgehead atoms. The second-order valence-corrected chi connectivity index (χ2v) is 8.79. The maximum absolute atomic E-state index is 14.3. The summed E-state index contributed by atoms with van der Waals surface area (Å²) in [5.41, 5.74) is 1.32. The minimum absolute atomic E-state index is 0.0139. The van der Waals surface area contributed by atoms with Gasteiger partial charge in [0.1, 0.15) is 5.82 Å². The average molecular weight is 464 g/mol. The SMILES string of the molecule is O=C(NCCN1CCOCC1)c1ccc2c(c1)N(Cc1c(F)cccc1Cl)C(=O)CS2. The Morgan fingerprint density at radius 2 is 2.03 bits per heavy atom. The number of hydrogen-bond donors (Lipinski definition) is 1. The molecule has 9 heteroatoms. The summed E-state index contributed by atoms with van der Waals surface area (Å²) in [7, 11) is 0. The highest BCUT2D eigenvalue weighted by molar-refractivity contribution is 8.00. The van der Waals surface area contributed by atoms with Gasteiger partial charge in [-0.1, -0.05) is 17.7 Å². The van der Waals surface area contributed by atoms with Crippen molar-refractivity contribution in [3.8, 4) is 0 Å². The number of amides is 2. The van der Waals surface area contributed by atoms with Gasteiger partial charge in [-0.05, 0) is 30.3 Å². The van der Waals surface area contributed by atoms with Gasteiger partial charge in [0, 0.05) is 47.2 Å². The number of nitrogens with one attached hydrogen (secondary N) is 1. The Labute approximate surface area is 189 Å². The molecule has 1 fully saturated rings. The number of anilines is 1. The molecule has 0 saturated carbocycles. The lowest BCUT2D eigenvalue weighted by Crippen LogP contribution is -2.41. The first-order valence-electron chi connectivity index (χ1n) is 10.1. The standard InChI is InChI=1S/C22H23ClFN3O3S/c23-17-2-1-3-18(24)16(17)13-27-19-12-15(4-5-20(19)31-14-21(27)28)22(29)25-6-7-26-8-10-30-11-9-26/h1-5,12H,6-11,13-14H2,(H,25,29). The van der Waals surface area contributed by atoms with Crippen LogP contribution in [0.25, 0.3) is 0 Å². The van der Waals surface area contributed by atoms with E-state index in [1.54, 1.807) is 18.2 Å². The molecule has 1 saturated heterocycles. The molecule has 2 aliphatic heterocycles. The molecule has 0 aromatic heterocycles. The van der Waals surface area contributed by atoms with Gasteiger partial charge in [0.25, 0.3) is 5.91 Å². The van der Waals surface area contributed by atoms with Crippen LogP contribution in [0.5, 0.6) is 0 Å². The number of thioether (sulfide) groups is 1. The lowest BCUT2D eigenvalue weighted by molar-refractivity contribution is -0.116. The minimum Gasteiger partial charge on any atom is -0.379 e. The van der Waals surface area contributed by atoms with Gasteiger partial charge in [0.2, 0.25) is 5.91 Å². The van der Waals surface area contributed by atoms with Gasteiger partial charge in [-0.3, -0.25) is 14.5 Å². The summed E-state index contributed by atoms with van der Waals surface area (Å²) in [5, 5.41) is 3.20. The van der Waals surface area contributed by atoms with Crippen LogP contribution in [0.15, 0.2) is 41.3 Å². The molecule has 0 spiro atoms. The van der Waals surface area contributed by atoms with Gasteiger partial charge < -0.3 is 15.0 Å². The van der Waals surface area contributed by atoms with Crippen LogP contribution < -0.4 is 10.2 Å². The topological polar surface area (TPSA) is 61.9 Å². The second-order valence-electron chi connectivity index (χ2n) is 7.36. The van der Waals surface area contributed by atoms with Gasteiger partial charge in [0.15, 0.2) is 0 Å². The van der Waals surface area contributed by atoms with E-state index in [9.17, 15) is 14.0 Å². The van der Waals surface area contributed by atoms with E-state index in [0.717, 1.165) is 24.5 Å². The molecular weight excluding hydrogens is 441 g/mol. The van der Waals surface area contributed by atoms with Crippen LogP contribution >= 0.6 is 23.4 Å². The Balaban J connectivity index is 1.49. The van der Waals surface area contributed by atoms with E-state index in [-0.39, 0.29) is 34.7 Å². The van der Waals surface area contributed by atoms with Crippen molar-refractivity contribution in [2.75, 3.05) is 50.0 Å². The molecule has 0 unspecified atom stereocenters. The summed E-state index contributed by atoms with van der Waals surface area (Å²) in [6.07, 6.45) is 0. The number of halogens is 2. The summed E-state index contributed by atoms with van der Waals surface area (Å²) in [4.78, 5) is 29.9. The van der Waals surface area contributed by atoms with Gasteiger partial charge in [0.05, 0.1) is 31.2 Å². The third kappa shape index (κ3) is 5.20. The Morgan fingerprint density at radius 3 is 2.81 bits per heavy atom. The van der Waals surface area contributed by atoms with Crippen LogP contribution in [0, 0.1) is 5.82 Å². The van der Waals surface area contributed by atoms with E-state index >= 15 is 0 Å². The molecular formula is C22H23ClFN3O3S. The molecule has 4 rings (SSSR count). The second kappa shape index (κ2) is 9.99. The van der Waals surface area contributed by atoms with Crippen LogP contribution in [0.2, 0.25) is 5.02 Å². The van der Waals surface area contributed by atoms with Crippen molar-refractivity contribution < 1.29 is 18.7 Å². The summed E-state index contributed by atoms with van der Waals surface area (Å²) in [6, 6.07) is 9.73. The van der Waals surface area contributed by atoms with Crippen LogP contribution in [-0.4, -0.2) is 61.9 Å². The van der Waals surface area contributed by atoms with Crippen molar-refractivity contribution in [3.05, 3.63) is 58.4 Å². The van der Waals surface area contributed by atoms with E-state index in [0.29, 0.717) is 31.0 Å². The molecule has 0 radical (unpaired) electrons. The molecule has 2 aromatic rings. The summed E-state index contributed by atoms with van der Waals surface area (Å²) in [6.45, 7) is 4.45.